The molecule has 1 saturated heterocycles. The van der Waals surface area contributed by atoms with E-state index in [0.29, 0.717) is 6.42 Å². The number of amides is 1. The van der Waals surface area contributed by atoms with Crippen molar-refractivity contribution in [1.82, 2.24) is 0 Å². The maximum absolute atomic E-state index is 13.5. The molecule has 1 aromatic carbocycles. The number of halogens is 2. The molecule has 1 N–H and O–H groups in total. The molecule has 24 heavy (non-hydrogen) atoms. The number of nitrogens with one attached hydrogen (secondary N) is 1. The second kappa shape index (κ2) is 8.17. The number of esters is 1. The van der Waals surface area contributed by atoms with Gasteiger partial charge in [-0.15, -0.1) is 11.8 Å². The predicted molar refractivity (Wildman–Crippen MR) is 90.5 cm³/mol. The highest BCUT2D eigenvalue weighted by atomic mass is 35.5. The summed E-state index contributed by atoms with van der Waals surface area (Å²) in [6.07, 6.45) is 0.511. The molecule has 0 saturated carbocycles. The third-order valence-corrected chi connectivity index (χ3v) is 6.69. The quantitative estimate of drug-likeness (QED) is 0.740. The summed E-state index contributed by atoms with van der Waals surface area (Å²) in [4.78, 5) is 23.2. The van der Waals surface area contributed by atoms with E-state index in [1.165, 1.54) is 23.9 Å². The summed E-state index contributed by atoms with van der Waals surface area (Å²) >= 11 is 6.79. The molecule has 1 aromatic rings. The summed E-state index contributed by atoms with van der Waals surface area (Å²) in [6.45, 7) is -0.551. The lowest BCUT2D eigenvalue weighted by atomic mass is 10.3. The lowest BCUT2D eigenvalue weighted by Crippen LogP contribution is -2.22. The molecule has 1 aliphatic rings. The molecule has 6 nitrogen and oxygen atoms in total. The number of anilines is 1. The summed E-state index contributed by atoms with van der Waals surface area (Å²) in [6, 6.07) is 3.77. The lowest BCUT2D eigenvalue weighted by Gasteiger charge is -2.09. The number of benzene rings is 1. The van der Waals surface area contributed by atoms with E-state index >= 15 is 0 Å². The first-order valence-corrected chi connectivity index (χ1v) is 10.2. The van der Waals surface area contributed by atoms with Gasteiger partial charge in [-0.2, -0.15) is 0 Å². The Morgan fingerprint density at radius 1 is 1.42 bits per heavy atom. The number of thioether (sulfide) groups is 1. The fraction of sp³-hybridized carbons (Fsp3) is 0.429. The van der Waals surface area contributed by atoms with Gasteiger partial charge in [0.25, 0.3) is 5.91 Å². The highest BCUT2D eigenvalue weighted by Crippen LogP contribution is 2.24. The smallest absolute Gasteiger partial charge is 0.316 e. The zero-order valence-corrected chi connectivity index (χ0v) is 14.8. The van der Waals surface area contributed by atoms with Crippen molar-refractivity contribution in [2.75, 3.05) is 29.2 Å². The average Bonchev–Trinajstić information content (AvgIpc) is 2.85. The molecule has 10 heteroatoms. The highest BCUT2D eigenvalue weighted by molar-refractivity contribution is 8.02. The number of carbonyl (C=O) groups excluding carboxylic acids is 2. The van der Waals surface area contributed by atoms with Gasteiger partial charge in [-0.25, -0.2) is 12.8 Å². The zero-order chi connectivity index (χ0) is 17.7. The standard InChI is InChI=1S/C14H15ClFNO5S2/c15-9-1-2-12(11(16)5-9)17-13(18)6-22-14(19)7-23-10-3-4-24(20,21)8-10/h1-2,5,10H,3-4,6-8H2,(H,17,18)/t10-/m1/s1. The van der Waals surface area contributed by atoms with E-state index in [1.807, 2.05) is 0 Å². The minimum absolute atomic E-state index is 0.0389. The Morgan fingerprint density at radius 3 is 2.79 bits per heavy atom. The van der Waals surface area contributed by atoms with Crippen LogP contribution >= 0.6 is 23.4 Å². The van der Waals surface area contributed by atoms with Crippen molar-refractivity contribution in [3.05, 3.63) is 29.0 Å². The van der Waals surface area contributed by atoms with E-state index in [4.69, 9.17) is 16.3 Å². The van der Waals surface area contributed by atoms with Crippen LogP contribution in [0.3, 0.4) is 0 Å². The fourth-order valence-electron chi connectivity index (χ4n) is 2.04. The van der Waals surface area contributed by atoms with Crippen molar-refractivity contribution in [1.29, 1.82) is 0 Å². The van der Waals surface area contributed by atoms with Crippen LogP contribution in [0.1, 0.15) is 6.42 Å². The second-order valence-electron chi connectivity index (χ2n) is 5.17. The molecule has 0 bridgehead atoms. The molecular weight excluding hydrogens is 381 g/mol. The van der Waals surface area contributed by atoms with Gasteiger partial charge < -0.3 is 10.1 Å². The van der Waals surface area contributed by atoms with E-state index in [0.717, 1.165) is 6.07 Å². The molecular formula is C14H15ClFNO5S2. The van der Waals surface area contributed by atoms with Crippen molar-refractivity contribution >= 4 is 50.8 Å². The third kappa shape index (κ3) is 5.95. The van der Waals surface area contributed by atoms with Crippen molar-refractivity contribution in [2.45, 2.75) is 11.7 Å². The van der Waals surface area contributed by atoms with Crippen LogP contribution in [0.4, 0.5) is 10.1 Å². The molecule has 0 aromatic heterocycles. The third-order valence-electron chi connectivity index (χ3n) is 3.20. The molecule has 0 unspecified atom stereocenters. The van der Waals surface area contributed by atoms with Crippen LogP contribution in [0.25, 0.3) is 0 Å². The zero-order valence-electron chi connectivity index (χ0n) is 12.5. The molecule has 1 amide bonds. The molecule has 1 fully saturated rings. The summed E-state index contributed by atoms with van der Waals surface area (Å²) in [5, 5.41) is 2.34. The van der Waals surface area contributed by atoms with Gasteiger partial charge in [0.1, 0.15) is 5.82 Å². The normalized spacial score (nSPS) is 19.0. The Labute approximate surface area is 148 Å². The number of rotatable bonds is 6. The van der Waals surface area contributed by atoms with E-state index in [9.17, 15) is 22.4 Å². The number of ether oxygens (including phenoxy) is 1. The van der Waals surface area contributed by atoms with Crippen molar-refractivity contribution in [3.63, 3.8) is 0 Å². The van der Waals surface area contributed by atoms with Gasteiger partial charge in [0.05, 0.1) is 22.9 Å². The van der Waals surface area contributed by atoms with E-state index in [1.54, 1.807) is 0 Å². The Balaban J connectivity index is 1.70. The minimum Gasteiger partial charge on any atom is -0.455 e. The van der Waals surface area contributed by atoms with Crippen LogP contribution < -0.4 is 5.32 Å². The number of carbonyl (C=O) groups is 2. The van der Waals surface area contributed by atoms with Crippen molar-refractivity contribution in [2.24, 2.45) is 0 Å². The van der Waals surface area contributed by atoms with Crippen LogP contribution in [-0.2, 0) is 24.2 Å². The van der Waals surface area contributed by atoms with E-state index < -0.39 is 34.1 Å². The summed E-state index contributed by atoms with van der Waals surface area (Å²) < 4.78 is 40.9. The minimum atomic E-state index is -2.99. The molecule has 0 aliphatic carbocycles. The van der Waals surface area contributed by atoms with Crippen LogP contribution in [0.2, 0.25) is 5.02 Å². The summed E-state index contributed by atoms with van der Waals surface area (Å²) in [7, 11) is -2.99. The van der Waals surface area contributed by atoms with Crippen LogP contribution in [-0.4, -0.2) is 49.4 Å². The highest BCUT2D eigenvalue weighted by Gasteiger charge is 2.28. The molecule has 2 rings (SSSR count). The summed E-state index contributed by atoms with van der Waals surface area (Å²) in [5.74, 6) is -1.85. The number of hydrogen-bond donors (Lipinski definition) is 1. The van der Waals surface area contributed by atoms with Crippen LogP contribution in [0.5, 0.6) is 0 Å². The number of hydrogen-bond acceptors (Lipinski definition) is 6. The van der Waals surface area contributed by atoms with Gasteiger partial charge in [-0.05, 0) is 24.6 Å². The topological polar surface area (TPSA) is 89.5 Å². The second-order valence-corrected chi connectivity index (χ2v) is 9.12. The first kappa shape index (κ1) is 19.0. The number of sulfone groups is 1. The van der Waals surface area contributed by atoms with Crippen molar-refractivity contribution in [3.8, 4) is 0 Å². The fourth-order valence-corrected chi connectivity index (χ4v) is 5.64. The maximum atomic E-state index is 13.5. The Hall–Kier alpha value is -1.32. The monoisotopic (exact) mass is 395 g/mol. The summed E-state index contributed by atoms with van der Waals surface area (Å²) in [5.41, 5.74) is -0.0639. The van der Waals surface area contributed by atoms with Gasteiger partial charge in [0.15, 0.2) is 16.4 Å². The first-order valence-electron chi connectivity index (χ1n) is 6.98. The van der Waals surface area contributed by atoms with Crippen LogP contribution in [0, 0.1) is 5.82 Å². The van der Waals surface area contributed by atoms with Gasteiger partial charge in [0, 0.05) is 10.3 Å². The van der Waals surface area contributed by atoms with E-state index in [-0.39, 0.29) is 33.2 Å². The first-order chi connectivity index (χ1) is 11.2. The lowest BCUT2D eigenvalue weighted by molar-refractivity contribution is -0.144. The molecule has 1 aliphatic heterocycles. The average molecular weight is 396 g/mol. The Kier molecular flexibility index (Phi) is 6.47. The molecule has 132 valence electrons. The molecule has 1 heterocycles. The van der Waals surface area contributed by atoms with E-state index in [2.05, 4.69) is 5.32 Å². The van der Waals surface area contributed by atoms with Gasteiger partial charge in [-0.3, -0.25) is 9.59 Å². The molecule has 0 spiro atoms. The predicted octanol–water partition coefficient (Wildman–Crippen LogP) is 1.88. The SMILES string of the molecule is O=C(COC(=O)CS[C@@H]1CCS(=O)(=O)C1)Nc1ccc(Cl)cc1F. The van der Waals surface area contributed by atoms with Crippen LogP contribution in [0.15, 0.2) is 18.2 Å². The van der Waals surface area contributed by atoms with Gasteiger partial charge in [0.2, 0.25) is 0 Å². The van der Waals surface area contributed by atoms with Gasteiger partial charge in [-0.1, -0.05) is 11.6 Å². The maximum Gasteiger partial charge on any atom is 0.316 e. The molecule has 1 atom stereocenters. The molecule has 0 radical (unpaired) electrons. The Morgan fingerprint density at radius 2 is 2.17 bits per heavy atom. The Bertz CT molecular complexity index is 741. The van der Waals surface area contributed by atoms with Crippen molar-refractivity contribution < 1.29 is 27.1 Å². The van der Waals surface area contributed by atoms with Gasteiger partial charge >= 0.3 is 5.97 Å². The largest absolute Gasteiger partial charge is 0.455 e.